The number of allylic oxidation sites excluding steroid dienone is 1. The summed E-state index contributed by atoms with van der Waals surface area (Å²) in [5.74, 6) is 11.0. The lowest BCUT2D eigenvalue weighted by Gasteiger charge is -2.47. The number of rotatable bonds is 1. The lowest BCUT2D eigenvalue weighted by molar-refractivity contribution is -0.00339. The molecule has 2 bridgehead atoms. The predicted molar refractivity (Wildman–Crippen MR) is 202 cm³/mol. The molecule has 0 aromatic heterocycles. The molecule has 5 aliphatic rings. The summed E-state index contributed by atoms with van der Waals surface area (Å²) in [6.45, 7) is 9.41. The zero-order valence-corrected chi connectivity index (χ0v) is 30.9. The number of hydrogen-bond donors (Lipinski definition) is 2. The number of ether oxygens (including phenoxy) is 2. The van der Waals surface area contributed by atoms with Crippen molar-refractivity contribution in [2.24, 2.45) is 17.8 Å². The van der Waals surface area contributed by atoms with E-state index in [0.29, 0.717) is 57.2 Å². The fourth-order valence-electron chi connectivity index (χ4n) is 8.55. The normalized spacial score (nSPS) is 35.2. The number of morpholine rings is 1. The second-order valence-electron chi connectivity index (χ2n) is 15.2. The van der Waals surface area contributed by atoms with Gasteiger partial charge in [-0.05, 0) is 111 Å². The molecule has 50 heavy (non-hydrogen) atoms. The van der Waals surface area contributed by atoms with Crippen LogP contribution in [0.25, 0.3) is 0 Å². The fourth-order valence-corrected chi connectivity index (χ4v) is 10.2. The van der Waals surface area contributed by atoms with Crippen molar-refractivity contribution < 1.29 is 23.6 Å². The van der Waals surface area contributed by atoms with Crippen LogP contribution in [0.3, 0.4) is 0 Å². The van der Waals surface area contributed by atoms with Gasteiger partial charge in [0, 0.05) is 53.3 Å². The zero-order valence-electron chi connectivity index (χ0n) is 29.3. The highest BCUT2D eigenvalue weighted by molar-refractivity contribution is 7.99. The summed E-state index contributed by atoms with van der Waals surface area (Å²) in [4.78, 5) is 18.3. The van der Waals surface area contributed by atoms with Crippen LogP contribution in [0, 0.1) is 29.6 Å². The number of aliphatic hydroxyl groups is 1. The molecule has 3 heterocycles. The van der Waals surface area contributed by atoms with Crippen LogP contribution in [0.2, 0.25) is 5.02 Å². The first-order valence-electron chi connectivity index (χ1n) is 18.2. The summed E-state index contributed by atoms with van der Waals surface area (Å²) in [5.41, 5.74) is 2.20. The van der Waals surface area contributed by atoms with Gasteiger partial charge in [0.1, 0.15) is 11.4 Å². The number of benzene rings is 2. The number of fused-ring (bicyclic) bond motifs is 4. The molecular weight excluding hydrogens is 670 g/mol. The number of hydrogen-bond acceptors (Lipinski definition) is 7. The standard InChI is InChI=1S/C40H50ClN3O5S/c1-28-7-4-16-40(46,17-6-18-43-19-21-48-22-20-43)35-12-9-32(35)25-44-26-39(15-5-8-30-23-33(41)11-13-34(30)39)27-49-37-14-10-31(24-36(37)44)38(45)42-50(3,47)29(28)2/h4,10-11,13-14,16,23-24,28-29,32,35,46H,3,5,7-9,12,15,18-22,25-27H2,1-2H3,(H,42,45,47)/b16-4+/t28-,29+,32-,35+,39-,40-,50?/m0/s1. The maximum atomic E-state index is 13.9. The molecule has 2 N–H and O–H groups in total. The molecule has 7 atom stereocenters. The van der Waals surface area contributed by atoms with Gasteiger partial charge in [0.2, 0.25) is 0 Å². The van der Waals surface area contributed by atoms with Crippen molar-refractivity contribution >= 4 is 38.8 Å². The van der Waals surface area contributed by atoms with Crippen LogP contribution in [0.1, 0.15) is 67.4 Å². The van der Waals surface area contributed by atoms with E-state index in [1.807, 2.05) is 44.2 Å². The molecule has 8 nitrogen and oxygen atoms in total. The summed E-state index contributed by atoms with van der Waals surface area (Å²) >= 11 is 6.47. The SMILES string of the molecule is C=S1(=O)NC(=O)c2ccc3c(c2)N(C[C@@H]2CC[C@H]2[C@@](O)(C#CCN2CCOCC2)/C=C/C[C@H](C)[C@H]1C)C[C@@]1(CCCc2cc(Cl)ccc21)CO3. The molecule has 3 aliphatic heterocycles. The monoisotopic (exact) mass is 719 g/mol. The van der Waals surface area contributed by atoms with Crippen LogP contribution < -0.4 is 14.4 Å². The van der Waals surface area contributed by atoms with Gasteiger partial charge in [-0.3, -0.25) is 14.4 Å². The molecule has 1 saturated carbocycles. The van der Waals surface area contributed by atoms with E-state index in [1.165, 1.54) is 11.1 Å². The van der Waals surface area contributed by atoms with Crippen molar-refractivity contribution in [3.05, 3.63) is 70.3 Å². The summed E-state index contributed by atoms with van der Waals surface area (Å²) < 4.78 is 28.9. The van der Waals surface area contributed by atoms with Crippen molar-refractivity contribution in [1.29, 1.82) is 0 Å². The Kier molecular flexibility index (Phi) is 10.1. The lowest BCUT2D eigenvalue weighted by atomic mass is 9.64. The van der Waals surface area contributed by atoms with E-state index in [0.717, 1.165) is 55.9 Å². The van der Waals surface area contributed by atoms with Gasteiger partial charge in [0.15, 0.2) is 0 Å². The number of carbonyl (C=O) groups is 1. The van der Waals surface area contributed by atoms with Gasteiger partial charge < -0.3 is 19.5 Å². The van der Waals surface area contributed by atoms with E-state index in [-0.39, 0.29) is 23.2 Å². The third-order valence-electron chi connectivity index (χ3n) is 12.0. The Bertz CT molecular complexity index is 1810. The van der Waals surface area contributed by atoms with E-state index in [9.17, 15) is 14.1 Å². The van der Waals surface area contributed by atoms with Crippen molar-refractivity contribution in [3.8, 4) is 17.6 Å². The first kappa shape index (κ1) is 35.4. The van der Waals surface area contributed by atoms with E-state index >= 15 is 0 Å². The van der Waals surface area contributed by atoms with Crippen LogP contribution in [-0.4, -0.2) is 89.4 Å². The van der Waals surface area contributed by atoms with Crippen LogP contribution in [0.4, 0.5) is 5.69 Å². The number of aryl methyl sites for hydroxylation is 1. The molecule has 2 aromatic carbocycles. The van der Waals surface area contributed by atoms with Crippen LogP contribution in [-0.2, 0) is 26.3 Å². The molecule has 0 radical (unpaired) electrons. The van der Waals surface area contributed by atoms with Gasteiger partial charge in [0.05, 0.1) is 41.8 Å². The number of amides is 1. The van der Waals surface area contributed by atoms with Gasteiger partial charge >= 0.3 is 0 Å². The average Bonchev–Trinajstić information content (AvgIpc) is 3.22. The van der Waals surface area contributed by atoms with Gasteiger partial charge in [-0.15, -0.1) is 0 Å². The predicted octanol–water partition coefficient (Wildman–Crippen LogP) is 5.25. The molecule has 2 fully saturated rings. The zero-order chi connectivity index (χ0) is 35.1. The van der Waals surface area contributed by atoms with Crippen LogP contribution >= 0.6 is 11.6 Å². The van der Waals surface area contributed by atoms with Crippen molar-refractivity contribution in [3.63, 3.8) is 0 Å². The molecule has 2 aliphatic carbocycles. The second kappa shape index (κ2) is 14.2. The maximum Gasteiger partial charge on any atom is 0.262 e. The third-order valence-corrected chi connectivity index (χ3v) is 14.4. The van der Waals surface area contributed by atoms with Gasteiger partial charge in [-0.1, -0.05) is 42.5 Å². The van der Waals surface area contributed by atoms with Crippen molar-refractivity contribution in [1.82, 2.24) is 9.62 Å². The highest BCUT2D eigenvalue weighted by Crippen LogP contribution is 2.48. The number of halogens is 1. The van der Waals surface area contributed by atoms with E-state index in [4.69, 9.17) is 21.1 Å². The Morgan fingerprint density at radius 3 is 2.76 bits per heavy atom. The average molecular weight is 720 g/mol. The highest BCUT2D eigenvalue weighted by atomic mass is 35.5. The fraction of sp³-hybridized carbons (Fsp3) is 0.550. The first-order valence-corrected chi connectivity index (χ1v) is 20.3. The third kappa shape index (κ3) is 7.07. The lowest BCUT2D eigenvalue weighted by Crippen LogP contribution is -2.52. The largest absolute Gasteiger partial charge is 0.490 e. The maximum absolute atomic E-state index is 13.9. The Morgan fingerprint density at radius 2 is 1.98 bits per heavy atom. The second-order valence-corrected chi connectivity index (χ2v) is 18.1. The first-order chi connectivity index (χ1) is 24.0. The summed E-state index contributed by atoms with van der Waals surface area (Å²) in [6.07, 6.45) is 9.24. The minimum Gasteiger partial charge on any atom is -0.490 e. The molecule has 1 saturated heterocycles. The molecule has 1 amide bonds. The summed E-state index contributed by atoms with van der Waals surface area (Å²) in [7, 11) is -3.00. The highest BCUT2D eigenvalue weighted by Gasteiger charge is 2.47. The van der Waals surface area contributed by atoms with Crippen molar-refractivity contribution in [2.45, 2.75) is 68.6 Å². The minimum atomic E-state index is -3.00. The Labute approximate surface area is 302 Å². The van der Waals surface area contributed by atoms with Crippen molar-refractivity contribution in [2.75, 3.05) is 57.4 Å². The molecular formula is C40H50ClN3O5S. The number of nitrogens with one attached hydrogen (secondary N) is 1. The molecule has 268 valence electrons. The Morgan fingerprint density at radius 1 is 1.16 bits per heavy atom. The van der Waals surface area contributed by atoms with E-state index < -0.39 is 26.5 Å². The summed E-state index contributed by atoms with van der Waals surface area (Å²) in [5, 5.41) is 12.8. The number of nitrogens with zero attached hydrogens (tertiary/aromatic N) is 2. The molecule has 7 rings (SSSR count). The summed E-state index contributed by atoms with van der Waals surface area (Å²) in [6, 6.07) is 11.7. The van der Waals surface area contributed by atoms with E-state index in [1.54, 1.807) is 6.07 Å². The van der Waals surface area contributed by atoms with Crippen LogP contribution in [0.5, 0.6) is 5.75 Å². The molecule has 2 aromatic rings. The van der Waals surface area contributed by atoms with Gasteiger partial charge in [-0.25, -0.2) is 4.21 Å². The Hall–Kier alpha value is -3.00. The minimum absolute atomic E-state index is 0.0624. The topological polar surface area (TPSA) is 91.3 Å². The number of carbonyl (C=O) groups excluding carboxylic acids is 1. The Balaban J connectivity index is 1.29. The van der Waals surface area contributed by atoms with Gasteiger partial charge in [0.25, 0.3) is 5.91 Å². The van der Waals surface area contributed by atoms with Crippen LogP contribution in [0.15, 0.2) is 48.6 Å². The number of anilines is 1. The quantitative estimate of drug-likeness (QED) is 0.237. The molecule has 10 heteroatoms. The van der Waals surface area contributed by atoms with Gasteiger partial charge in [-0.2, -0.15) is 0 Å². The van der Waals surface area contributed by atoms with E-state index in [2.05, 4.69) is 44.4 Å². The molecule has 1 spiro atoms. The smallest absolute Gasteiger partial charge is 0.262 e. The molecule has 1 unspecified atom stereocenters.